The Labute approximate surface area is 104 Å². The Morgan fingerprint density at radius 1 is 1.50 bits per heavy atom. The van der Waals surface area contributed by atoms with E-state index in [0.29, 0.717) is 13.0 Å². The molecule has 0 bridgehead atoms. The van der Waals surface area contributed by atoms with Crippen molar-refractivity contribution in [3.8, 4) is 0 Å². The molecule has 0 saturated heterocycles. The van der Waals surface area contributed by atoms with Crippen molar-refractivity contribution in [1.82, 2.24) is 20.1 Å². The first kappa shape index (κ1) is 12.2. The highest BCUT2D eigenvalue weighted by Gasteiger charge is 2.10. The highest BCUT2D eigenvalue weighted by atomic mass is 19.1. The highest BCUT2D eigenvalue weighted by molar-refractivity contribution is 5.94. The lowest BCUT2D eigenvalue weighted by Gasteiger charge is -2.04. The van der Waals surface area contributed by atoms with Crippen LogP contribution in [0.15, 0.2) is 30.9 Å². The van der Waals surface area contributed by atoms with Crippen molar-refractivity contribution in [1.29, 1.82) is 0 Å². The zero-order chi connectivity index (χ0) is 13.0. The van der Waals surface area contributed by atoms with Gasteiger partial charge in [-0.1, -0.05) is 0 Å². The van der Waals surface area contributed by atoms with Crippen LogP contribution < -0.4 is 5.32 Å². The second kappa shape index (κ2) is 5.39. The normalized spacial score (nSPS) is 10.3. The van der Waals surface area contributed by atoms with Crippen molar-refractivity contribution in [3.63, 3.8) is 0 Å². The topological polar surface area (TPSA) is 59.8 Å². The van der Waals surface area contributed by atoms with Crippen LogP contribution >= 0.6 is 0 Å². The molecule has 0 unspecified atom stereocenters. The Kier molecular flexibility index (Phi) is 3.66. The third-order valence-corrected chi connectivity index (χ3v) is 2.47. The third-order valence-electron chi connectivity index (χ3n) is 2.47. The molecule has 94 valence electrons. The largest absolute Gasteiger partial charge is 0.352 e. The number of aromatic nitrogens is 3. The summed E-state index contributed by atoms with van der Waals surface area (Å²) < 4.78 is 15.0. The number of nitrogens with one attached hydrogen (secondary N) is 1. The Morgan fingerprint density at radius 2 is 2.33 bits per heavy atom. The summed E-state index contributed by atoms with van der Waals surface area (Å²) in [6.07, 6.45) is 6.68. The average molecular weight is 248 g/mol. The van der Waals surface area contributed by atoms with Crippen LogP contribution in [-0.4, -0.2) is 27.2 Å². The third kappa shape index (κ3) is 2.91. The number of hydrogen-bond acceptors (Lipinski definition) is 3. The summed E-state index contributed by atoms with van der Waals surface area (Å²) in [6, 6.07) is 1.36. The number of hydrogen-bond donors (Lipinski definition) is 1. The molecule has 0 aliphatic rings. The number of pyridine rings is 1. The number of carbonyl (C=O) groups excluding carboxylic acids is 1. The monoisotopic (exact) mass is 248 g/mol. The number of nitrogens with zero attached hydrogens (tertiary/aromatic N) is 3. The smallest absolute Gasteiger partial charge is 0.254 e. The highest BCUT2D eigenvalue weighted by Crippen LogP contribution is 2.04. The minimum absolute atomic E-state index is 0.0104. The molecule has 2 aromatic rings. The predicted molar refractivity (Wildman–Crippen MR) is 63.4 cm³/mol. The zero-order valence-electron chi connectivity index (χ0n) is 9.93. The van der Waals surface area contributed by atoms with E-state index in [2.05, 4.69) is 15.4 Å². The summed E-state index contributed by atoms with van der Waals surface area (Å²) in [7, 11) is 1.83. The molecule has 0 saturated carbocycles. The zero-order valence-corrected chi connectivity index (χ0v) is 9.93. The van der Waals surface area contributed by atoms with Crippen LogP contribution in [0.1, 0.15) is 15.9 Å². The summed E-state index contributed by atoms with van der Waals surface area (Å²) in [6.45, 7) is 0.437. The molecule has 1 amide bonds. The molecule has 1 N–H and O–H groups in total. The van der Waals surface area contributed by atoms with E-state index in [0.717, 1.165) is 11.8 Å². The number of aryl methyl sites for hydroxylation is 1. The second-order valence-corrected chi connectivity index (χ2v) is 3.88. The van der Waals surface area contributed by atoms with E-state index >= 15 is 0 Å². The maximum absolute atomic E-state index is 13.3. The lowest BCUT2D eigenvalue weighted by molar-refractivity contribution is 0.0950. The van der Waals surface area contributed by atoms with Crippen LogP contribution in [0.2, 0.25) is 0 Å². The van der Waals surface area contributed by atoms with Crippen molar-refractivity contribution in [2.75, 3.05) is 6.54 Å². The summed E-state index contributed by atoms with van der Waals surface area (Å²) >= 11 is 0. The number of rotatable bonds is 4. The van der Waals surface area contributed by atoms with Gasteiger partial charge in [-0.3, -0.25) is 14.5 Å². The fourth-order valence-electron chi connectivity index (χ4n) is 1.58. The lowest BCUT2D eigenvalue weighted by atomic mass is 10.2. The SMILES string of the molecule is Cn1cc(CCNC(=O)c2ccncc2F)cn1. The first-order valence-corrected chi connectivity index (χ1v) is 5.52. The molecule has 0 aliphatic carbocycles. The van der Waals surface area contributed by atoms with Crippen molar-refractivity contribution in [2.45, 2.75) is 6.42 Å². The molecule has 0 atom stereocenters. The fraction of sp³-hybridized carbons (Fsp3) is 0.250. The van der Waals surface area contributed by atoms with Crippen molar-refractivity contribution in [2.24, 2.45) is 7.05 Å². The number of carbonyl (C=O) groups is 1. The molecule has 2 heterocycles. The molecule has 0 radical (unpaired) electrons. The van der Waals surface area contributed by atoms with Gasteiger partial charge >= 0.3 is 0 Å². The van der Waals surface area contributed by atoms with Crippen LogP contribution in [0.25, 0.3) is 0 Å². The van der Waals surface area contributed by atoms with Crippen molar-refractivity contribution >= 4 is 5.91 Å². The molecular formula is C12H13FN4O. The van der Waals surface area contributed by atoms with Gasteiger partial charge in [0, 0.05) is 26.0 Å². The molecule has 0 aliphatic heterocycles. The van der Waals surface area contributed by atoms with Crippen LogP contribution in [0, 0.1) is 5.82 Å². The Balaban J connectivity index is 1.87. The van der Waals surface area contributed by atoms with Gasteiger partial charge in [-0.05, 0) is 18.1 Å². The van der Waals surface area contributed by atoms with Gasteiger partial charge in [-0.15, -0.1) is 0 Å². The standard InChI is InChI=1S/C12H13FN4O/c1-17-8-9(6-16-17)2-5-15-12(18)10-3-4-14-7-11(10)13/h3-4,6-8H,2,5H2,1H3,(H,15,18). The Bertz CT molecular complexity index is 553. The van der Waals surface area contributed by atoms with E-state index in [-0.39, 0.29) is 5.56 Å². The fourth-order valence-corrected chi connectivity index (χ4v) is 1.58. The van der Waals surface area contributed by atoms with Crippen LogP contribution in [-0.2, 0) is 13.5 Å². The molecular weight excluding hydrogens is 235 g/mol. The second-order valence-electron chi connectivity index (χ2n) is 3.88. The molecule has 0 fully saturated rings. The van der Waals surface area contributed by atoms with E-state index < -0.39 is 11.7 Å². The average Bonchev–Trinajstić information content (AvgIpc) is 2.75. The van der Waals surface area contributed by atoms with E-state index in [9.17, 15) is 9.18 Å². The van der Waals surface area contributed by atoms with Crippen LogP contribution in [0.3, 0.4) is 0 Å². The molecule has 2 aromatic heterocycles. The van der Waals surface area contributed by atoms with Gasteiger partial charge in [0.1, 0.15) is 0 Å². The minimum atomic E-state index is -0.614. The quantitative estimate of drug-likeness (QED) is 0.875. The van der Waals surface area contributed by atoms with E-state index in [4.69, 9.17) is 0 Å². The molecule has 6 heteroatoms. The van der Waals surface area contributed by atoms with Gasteiger partial charge in [0.2, 0.25) is 0 Å². The summed E-state index contributed by atoms with van der Waals surface area (Å²) in [5.74, 6) is -1.05. The number of halogens is 1. The molecule has 18 heavy (non-hydrogen) atoms. The first-order chi connectivity index (χ1) is 8.66. The number of amides is 1. The molecule has 0 aromatic carbocycles. The van der Waals surface area contributed by atoms with Gasteiger partial charge in [-0.25, -0.2) is 4.39 Å². The van der Waals surface area contributed by atoms with E-state index in [1.54, 1.807) is 10.9 Å². The molecule has 0 spiro atoms. The van der Waals surface area contributed by atoms with Gasteiger partial charge in [0.25, 0.3) is 5.91 Å². The van der Waals surface area contributed by atoms with Gasteiger partial charge in [0.05, 0.1) is 18.0 Å². The van der Waals surface area contributed by atoms with E-state index in [1.165, 1.54) is 12.3 Å². The van der Waals surface area contributed by atoms with Crippen LogP contribution in [0.4, 0.5) is 4.39 Å². The summed E-state index contributed by atoms with van der Waals surface area (Å²) in [4.78, 5) is 15.3. The maximum atomic E-state index is 13.3. The van der Waals surface area contributed by atoms with Crippen LogP contribution in [0.5, 0.6) is 0 Å². The first-order valence-electron chi connectivity index (χ1n) is 5.52. The Hall–Kier alpha value is -2.24. The van der Waals surface area contributed by atoms with Gasteiger partial charge in [0.15, 0.2) is 5.82 Å². The minimum Gasteiger partial charge on any atom is -0.352 e. The summed E-state index contributed by atoms with van der Waals surface area (Å²) in [5.41, 5.74) is 1.03. The van der Waals surface area contributed by atoms with Gasteiger partial charge in [-0.2, -0.15) is 5.10 Å². The summed E-state index contributed by atoms with van der Waals surface area (Å²) in [5, 5.41) is 6.68. The van der Waals surface area contributed by atoms with Gasteiger partial charge < -0.3 is 5.32 Å². The predicted octanol–water partition coefficient (Wildman–Crippen LogP) is 0.927. The maximum Gasteiger partial charge on any atom is 0.254 e. The Morgan fingerprint density at radius 3 is 3.00 bits per heavy atom. The van der Waals surface area contributed by atoms with Crippen molar-refractivity contribution < 1.29 is 9.18 Å². The molecule has 5 nitrogen and oxygen atoms in total. The van der Waals surface area contributed by atoms with E-state index in [1.807, 2.05) is 13.2 Å². The van der Waals surface area contributed by atoms with Crippen molar-refractivity contribution in [3.05, 3.63) is 47.8 Å². The lowest BCUT2D eigenvalue weighted by Crippen LogP contribution is -2.26. The molecule has 2 rings (SSSR count).